The highest BCUT2D eigenvalue weighted by Crippen LogP contribution is 2.29. The molecule has 0 unspecified atom stereocenters. The smallest absolute Gasteiger partial charge is 0.358 e. The van der Waals surface area contributed by atoms with E-state index in [4.69, 9.17) is 5.73 Å². The Hall–Kier alpha value is -1.73. The summed E-state index contributed by atoms with van der Waals surface area (Å²) in [6.07, 6.45) is 0. The first-order chi connectivity index (χ1) is 8.01. The standard InChI is InChI=1S/C10H10N2O4S/c1-16-10(13)8-7-4-2-3-6(5-11)9(7)17(14,15)12-8/h2-4H,5,11H2,1H3. The number of esters is 1. The molecule has 0 amide bonds. The van der Waals surface area contributed by atoms with Crippen molar-refractivity contribution < 1.29 is 17.9 Å². The number of hydrogen-bond donors (Lipinski definition) is 1. The van der Waals surface area contributed by atoms with Gasteiger partial charge in [-0.05, 0) is 5.56 Å². The molecule has 1 heterocycles. The molecule has 0 spiro atoms. The van der Waals surface area contributed by atoms with Crippen LogP contribution in [-0.2, 0) is 26.1 Å². The first-order valence-corrected chi connectivity index (χ1v) is 6.21. The van der Waals surface area contributed by atoms with Crippen molar-refractivity contribution in [3.8, 4) is 0 Å². The summed E-state index contributed by atoms with van der Waals surface area (Å²) in [6, 6.07) is 4.72. The molecule has 0 aromatic heterocycles. The Morgan fingerprint density at radius 1 is 1.47 bits per heavy atom. The first-order valence-electron chi connectivity index (χ1n) is 4.77. The van der Waals surface area contributed by atoms with Crippen LogP contribution in [0.5, 0.6) is 0 Å². The number of carbonyl (C=O) groups excluding carboxylic acids is 1. The van der Waals surface area contributed by atoms with Gasteiger partial charge >= 0.3 is 5.97 Å². The largest absolute Gasteiger partial charge is 0.464 e. The molecule has 7 heteroatoms. The van der Waals surface area contributed by atoms with Crippen molar-refractivity contribution in [2.45, 2.75) is 11.4 Å². The normalized spacial score (nSPS) is 16.2. The zero-order chi connectivity index (χ0) is 12.6. The molecule has 0 atom stereocenters. The minimum absolute atomic E-state index is 0.00269. The lowest BCUT2D eigenvalue weighted by molar-refractivity contribution is -0.132. The highest BCUT2D eigenvalue weighted by atomic mass is 32.2. The summed E-state index contributed by atoms with van der Waals surface area (Å²) in [6.45, 7) is 0.0619. The van der Waals surface area contributed by atoms with E-state index in [1.807, 2.05) is 0 Å². The monoisotopic (exact) mass is 254 g/mol. The van der Waals surface area contributed by atoms with Gasteiger partial charge in [-0.2, -0.15) is 12.8 Å². The van der Waals surface area contributed by atoms with Crippen molar-refractivity contribution in [1.82, 2.24) is 0 Å². The summed E-state index contributed by atoms with van der Waals surface area (Å²) in [5, 5.41) is 0. The maximum absolute atomic E-state index is 11.8. The zero-order valence-corrected chi connectivity index (χ0v) is 9.82. The summed E-state index contributed by atoms with van der Waals surface area (Å²) in [7, 11) is -2.68. The Morgan fingerprint density at radius 2 is 2.18 bits per heavy atom. The Labute approximate surface area is 98.2 Å². The average Bonchev–Trinajstić information content (AvgIpc) is 2.61. The third-order valence-corrected chi connectivity index (χ3v) is 3.84. The number of hydrogen-bond acceptors (Lipinski definition) is 5. The third-order valence-electron chi connectivity index (χ3n) is 2.42. The van der Waals surface area contributed by atoms with E-state index in [9.17, 15) is 13.2 Å². The number of fused-ring (bicyclic) bond motifs is 1. The van der Waals surface area contributed by atoms with E-state index in [-0.39, 0.29) is 22.7 Å². The Bertz CT molecular complexity index is 619. The van der Waals surface area contributed by atoms with Crippen LogP contribution in [-0.4, -0.2) is 27.2 Å². The van der Waals surface area contributed by atoms with Crippen LogP contribution in [0.15, 0.2) is 27.5 Å². The molecule has 17 heavy (non-hydrogen) atoms. The maximum atomic E-state index is 11.8. The fraction of sp³-hybridized carbons (Fsp3) is 0.200. The lowest BCUT2D eigenvalue weighted by Crippen LogP contribution is -2.15. The van der Waals surface area contributed by atoms with Crippen LogP contribution >= 0.6 is 0 Å². The highest BCUT2D eigenvalue weighted by Gasteiger charge is 2.34. The molecular formula is C10H10N2O4S. The predicted molar refractivity (Wildman–Crippen MR) is 60.1 cm³/mol. The van der Waals surface area contributed by atoms with Gasteiger partial charge in [0.25, 0.3) is 10.0 Å². The quantitative estimate of drug-likeness (QED) is 0.737. The lowest BCUT2D eigenvalue weighted by Gasteiger charge is -2.04. The molecule has 0 fully saturated rings. The Morgan fingerprint density at radius 3 is 2.76 bits per heavy atom. The molecule has 0 saturated carbocycles. The maximum Gasteiger partial charge on any atom is 0.358 e. The zero-order valence-electron chi connectivity index (χ0n) is 9.00. The summed E-state index contributed by atoms with van der Waals surface area (Å²) >= 11 is 0. The van der Waals surface area contributed by atoms with E-state index < -0.39 is 16.0 Å². The fourth-order valence-electron chi connectivity index (χ4n) is 1.70. The second kappa shape index (κ2) is 3.94. The van der Waals surface area contributed by atoms with Crippen LogP contribution in [0, 0.1) is 0 Å². The van der Waals surface area contributed by atoms with Gasteiger partial charge in [0.2, 0.25) is 0 Å². The van der Waals surface area contributed by atoms with Gasteiger partial charge in [-0.15, -0.1) is 0 Å². The van der Waals surface area contributed by atoms with E-state index in [1.54, 1.807) is 12.1 Å². The van der Waals surface area contributed by atoms with E-state index >= 15 is 0 Å². The summed E-state index contributed by atoms with van der Waals surface area (Å²) in [5.41, 5.74) is 5.96. The van der Waals surface area contributed by atoms with Crippen molar-refractivity contribution in [3.05, 3.63) is 29.3 Å². The van der Waals surface area contributed by atoms with Gasteiger partial charge in [0.1, 0.15) is 4.90 Å². The highest BCUT2D eigenvalue weighted by molar-refractivity contribution is 7.91. The van der Waals surface area contributed by atoms with E-state index in [1.165, 1.54) is 13.2 Å². The number of carbonyl (C=O) groups is 1. The summed E-state index contributed by atoms with van der Waals surface area (Å²) in [4.78, 5) is 11.4. The number of methoxy groups -OCH3 is 1. The molecule has 1 aliphatic rings. The van der Waals surface area contributed by atoms with Crippen LogP contribution in [0.3, 0.4) is 0 Å². The molecule has 1 aliphatic heterocycles. The van der Waals surface area contributed by atoms with E-state index in [0.717, 1.165) is 0 Å². The Kier molecular flexibility index (Phi) is 2.72. The molecular weight excluding hydrogens is 244 g/mol. The molecule has 0 aliphatic carbocycles. The van der Waals surface area contributed by atoms with Crippen LogP contribution in [0.1, 0.15) is 11.1 Å². The van der Waals surface area contributed by atoms with E-state index in [2.05, 4.69) is 9.13 Å². The third kappa shape index (κ3) is 1.73. The number of nitrogens with zero attached hydrogens (tertiary/aromatic N) is 1. The lowest BCUT2D eigenvalue weighted by atomic mass is 10.1. The minimum Gasteiger partial charge on any atom is -0.464 e. The molecule has 0 bridgehead atoms. The summed E-state index contributed by atoms with van der Waals surface area (Å²) in [5.74, 6) is -0.776. The van der Waals surface area contributed by atoms with Gasteiger partial charge in [-0.3, -0.25) is 0 Å². The number of sulfonamides is 1. The molecule has 1 aromatic carbocycles. The number of rotatable bonds is 2. The molecule has 6 nitrogen and oxygen atoms in total. The SMILES string of the molecule is COC(=O)C1=NS(=O)(=O)c2c(CN)cccc21. The van der Waals surface area contributed by atoms with Gasteiger partial charge in [0.05, 0.1) is 7.11 Å². The molecule has 0 saturated heterocycles. The number of ether oxygens (including phenoxy) is 1. The average molecular weight is 254 g/mol. The van der Waals surface area contributed by atoms with Crippen LogP contribution in [0.25, 0.3) is 0 Å². The molecule has 2 N–H and O–H groups in total. The number of nitrogens with two attached hydrogens (primary N) is 1. The van der Waals surface area contributed by atoms with Crippen molar-refractivity contribution in [2.75, 3.05) is 7.11 Å². The molecule has 90 valence electrons. The van der Waals surface area contributed by atoms with E-state index in [0.29, 0.717) is 5.56 Å². The molecule has 0 radical (unpaired) electrons. The Balaban J connectivity index is 2.73. The van der Waals surface area contributed by atoms with Gasteiger partial charge in [-0.1, -0.05) is 18.2 Å². The summed E-state index contributed by atoms with van der Waals surface area (Å²) < 4.78 is 31.5. The topological polar surface area (TPSA) is 98.8 Å². The van der Waals surface area contributed by atoms with Gasteiger partial charge < -0.3 is 10.5 Å². The predicted octanol–water partition coefficient (Wildman–Crippen LogP) is -0.190. The van der Waals surface area contributed by atoms with Crippen molar-refractivity contribution in [3.63, 3.8) is 0 Å². The first kappa shape index (κ1) is 11.7. The van der Waals surface area contributed by atoms with Crippen molar-refractivity contribution in [1.29, 1.82) is 0 Å². The minimum atomic E-state index is -3.85. The molecule has 2 rings (SSSR count). The van der Waals surface area contributed by atoms with Gasteiger partial charge in [0, 0.05) is 12.1 Å². The van der Waals surface area contributed by atoms with Gasteiger partial charge in [0.15, 0.2) is 5.71 Å². The number of benzene rings is 1. The van der Waals surface area contributed by atoms with Crippen LogP contribution in [0.2, 0.25) is 0 Å². The second-order valence-corrected chi connectivity index (χ2v) is 4.95. The van der Waals surface area contributed by atoms with Crippen molar-refractivity contribution in [2.24, 2.45) is 10.1 Å². The van der Waals surface area contributed by atoms with Crippen molar-refractivity contribution >= 4 is 21.7 Å². The van der Waals surface area contributed by atoms with Gasteiger partial charge in [-0.25, -0.2) is 4.79 Å². The second-order valence-electron chi connectivity index (χ2n) is 3.40. The van der Waals surface area contributed by atoms with Crippen LogP contribution in [0.4, 0.5) is 0 Å². The fourth-order valence-corrected chi connectivity index (χ4v) is 3.13. The van der Waals surface area contributed by atoms with Crippen LogP contribution < -0.4 is 5.73 Å². The molecule has 1 aromatic rings.